The maximum atomic E-state index is 11.9. The minimum Gasteiger partial charge on any atom is -0.366 e. The Hall–Kier alpha value is -1.59. The second-order valence-electron chi connectivity index (χ2n) is 3.78. The molecule has 6 nitrogen and oxygen atoms in total. The van der Waals surface area contributed by atoms with Crippen LogP contribution in [0.5, 0.6) is 0 Å². The molecule has 3 N–H and O–H groups in total. The summed E-state index contributed by atoms with van der Waals surface area (Å²) in [5.41, 5.74) is 5.34. The summed E-state index contributed by atoms with van der Waals surface area (Å²) in [5, 5.41) is 6.14. The molecule has 1 aromatic heterocycles. The fourth-order valence-electron chi connectivity index (χ4n) is 1.32. The van der Waals surface area contributed by atoms with Crippen molar-refractivity contribution in [3.63, 3.8) is 0 Å². The van der Waals surface area contributed by atoms with Crippen LogP contribution in [-0.2, 0) is 0 Å². The third-order valence-electron chi connectivity index (χ3n) is 1.96. The Kier molecular flexibility index (Phi) is 3.65. The SMILES string of the molecule is CCN(CC(C)C)C(=O)c1nc(N)n[nH]1. The molecule has 0 saturated heterocycles. The molecule has 6 heteroatoms. The molecule has 1 aromatic rings. The van der Waals surface area contributed by atoms with Gasteiger partial charge in [0.2, 0.25) is 11.8 Å². The number of H-pyrrole nitrogens is 1. The number of carbonyl (C=O) groups excluding carboxylic acids is 1. The number of aromatic nitrogens is 3. The highest BCUT2D eigenvalue weighted by Crippen LogP contribution is 2.04. The van der Waals surface area contributed by atoms with Crippen LogP contribution in [0, 0.1) is 5.92 Å². The first kappa shape index (κ1) is 11.5. The molecule has 0 spiro atoms. The molecule has 0 fully saturated rings. The van der Waals surface area contributed by atoms with E-state index < -0.39 is 0 Å². The quantitative estimate of drug-likeness (QED) is 0.759. The van der Waals surface area contributed by atoms with E-state index in [4.69, 9.17) is 5.73 Å². The summed E-state index contributed by atoms with van der Waals surface area (Å²) in [6.45, 7) is 7.41. The summed E-state index contributed by atoms with van der Waals surface area (Å²) >= 11 is 0. The van der Waals surface area contributed by atoms with Gasteiger partial charge in [-0.25, -0.2) is 0 Å². The Bertz CT molecular complexity index is 333. The van der Waals surface area contributed by atoms with Crippen molar-refractivity contribution in [2.24, 2.45) is 5.92 Å². The van der Waals surface area contributed by atoms with Crippen LogP contribution in [0.3, 0.4) is 0 Å². The average Bonchev–Trinajstić information content (AvgIpc) is 2.60. The van der Waals surface area contributed by atoms with Crippen molar-refractivity contribution >= 4 is 11.9 Å². The summed E-state index contributed by atoms with van der Waals surface area (Å²) in [4.78, 5) is 17.4. The molecule has 0 saturated carbocycles. The Morgan fingerprint density at radius 3 is 2.67 bits per heavy atom. The first-order chi connectivity index (χ1) is 7.04. The van der Waals surface area contributed by atoms with Crippen LogP contribution in [0.2, 0.25) is 0 Å². The lowest BCUT2D eigenvalue weighted by atomic mass is 10.2. The normalized spacial score (nSPS) is 10.7. The van der Waals surface area contributed by atoms with Gasteiger partial charge in [-0.1, -0.05) is 13.8 Å². The molecule has 0 atom stereocenters. The van der Waals surface area contributed by atoms with Gasteiger partial charge in [-0.15, -0.1) is 5.10 Å². The molecule has 0 unspecified atom stereocenters. The maximum Gasteiger partial charge on any atom is 0.291 e. The third kappa shape index (κ3) is 2.93. The second-order valence-corrected chi connectivity index (χ2v) is 3.78. The number of nitrogen functional groups attached to an aromatic ring is 1. The average molecular weight is 211 g/mol. The molecule has 0 aliphatic heterocycles. The number of nitrogens with zero attached hydrogens (tertiary/aromatic N) is 3. The van der Waals surface area contributed by atoms with Gasteiger partial charge in [-0.2, -0.15) is 4.98 Å². The van der Waals surface area contributed by atoms with Crippen LogP contribution in [0.4, 0.5) is 5.95 Å². The van der Waals surface area contributed by atoms with E-state index in [1.165, 1.54) is 0 Å². The Balaban J connectivity index is 2.73. The van der Waals surface area contributed by atoms with Crippen molar-refractivity contribution in [3.8, 4) is 0 Å². The zero-order chi connectivity index (χ0) is 11.4. The summed E-state index contributed by atoms with van der Waals surface area (Å²) in [5.74, 6) is 0.568. The molecule has 1 rings (SSSR count). The van der Waals surface area contributed by atoms with Gasteiger partial charge in [-0.3, -0.25) is 9.89 Å². The fraction of sp³-hybridized carbons (Fsp3) is 0.667. The number of amides is 1. The molecule has 1 amide bonds. The van der Waals surface area contributed by atoms with Gasteiger partial charge < -0.3 is 10.6 Å². The van der Waals surface area contributed by atoms with Gasteiger partial charge in [-0.05, 0) is 12.8 Å². The van der Waals surface area contributed by atoms with Crippen molar-refractivity contribution < 1.29 is 4.79 Å². The van der Waals surface area contributed by atoms with E-state index in [0.29, 0.717) is 19.0 Å². The molecule has 0 radical (unpaired) electrons. The Morgan fingerprint density at radius 1 is 1.60 bits per heavy atom. The minimum absolute atomic E-state index is 0.0963. The first-order valence-corrected chi connectivity index (χ1v) is 5.01. The molecule has 15 heavy (non-hydrogen) atoms. The molecule has 1 heterocycles. The number of carbonyl (C=O) groups is 1. The number of aromatic amines is 1. The molecule has 0 aliphatic rings. The molecular weight excluding hydrogens is 194 g/mol. The van der Waals surface area contributed by atoms with E-state index in [2.05, 4.69) is 29.0 Å². The monoisotopic (exact) mass is 211 g/mol. The van der Waals surface area contributed by atoms with Gasteiger partial charge >= 0.3 is 0 Å². The number of hydrogen-bond acceptors (Lipinski definition) is 4. The molecule has 0 aliphatic carbocycles. The topological polar surface area (TPSA) is 87.9 Å². The lowest BCUT2D eigenvalue weighted by Gasteiger charge is -2.21. The standard InChI is InChI=1S/C9H17N5O/c1-4-14(5-6(2)3)8(15)7-11-9(10)13-12-7/h6H,4-5H2,1-3H3,(H3,10,11,12,13). The third-order valence-corrected chi connectivity index (χ3v) is 1.96. The van der Waals surface area contributed by atoms with E-state index in [1.54, 1.807) is 4.90 Å². The summed E-state index contributed by atoms with van der Waals surface area (Å²) in [6.07, 6.45) is 0. The molecular formula is C9H17N5O. The molecule has 0 bridgehead atoms. The smallest absolute Gasteiger partial charge is 0.291 e. The van der Waals surface area contributed by atoms with E-state index in [9.17, 15) is 4.79 Å². The number of rotatable bonds is 4. The van der Waals surface area contributed by atoms with Gasteiger partial charge in [0.1, 0.15) is 0 Å². The van der Waals surface area contributed by atoms with Crippen molar-refractivity contribution in [1.29, 1.82) is 0 Å². The van der Waals surface area contributed by atoms with Gasteiger partial charge in [0.25, 0.3) is 5.91 Å². The number of nitrogens with one attached hydrogen (secondary N) is 1. The van der Waals surface area contributed by atoms with Crippen molar-refractivity contribution in [2.75, 3.05) is 18.8 Å². The molecule has 84 valence electrons. The van der Waals surface area contributed by atoms with Gasteiger partial charge in [0, 0.05) is 13.1 Å². The Labute approximate surface area is 88.9 Å². The highest BCUT2D eigenvalue weighted by atomic mass is 16.2. The van der Waals surface area contributed by atoms with Gasteiger partial charge in [0.05, 0.1) is 0 Å². The highest BCUT2D eigenvalue weighted by molar-refractivity contribution is 5.90. The van der Waals surface area contributed by atoms with Crippen LogP contribution in [0.25, 0.3) is 0 Å². The molecule has 0 aromatic carbocycles. The second kappa shape index (κ2) is 4.77. The van der Waals surface area contributed by atoms with E-state index >= 15 is 0 Å². The van der Waals surface area contributed by atoms with Crippen LogP contribution in [-0.4, -0.2) is 39.1 Å². The zero-order valence-corrected chi connectivity index (χ0v) is 9.32. The lowest BCUT2D eigenvalue weighted by Crippen LogP contribution is -2.34. The number of hydrogen-bond donors (Lipinski definition) is 2. The first-order valence-electron chi connectivity index (χ1n) is 5.01. The van der Waals surface area contributed by atoms with E-state index in [1.807, 2.05) is 6.92 Å². The predicted molar refractivity (Wildman–Crippen MR) is 57.2 cm³/mol. The number of anilines is 1. The number of nitrogens with two attached hydrogens (primary N) is 1. The Morgan fingerprint density at radius 2 is 2.27 bits per heavy atom. The summed E-state index contributed by atoms with van der Waals surface area (Å²) in [6, 6.07) is 0. The van der Waals surface area contributed by atoms with Crippen LogP contribution < -0.4 is 5.73 Å². The van der Waals surface area contributed by atoms with E-state index in [0.717, 1.165) is 0 Å². The fourth-order valence-corrected chi connectivity index (χ4v) is 1.32. The zero-order valence-electron chi connectivity index (χ0n) is 9.32. The van der Waals surface area contributed by atoms with Crippen molar-refractivity contribution in [2.45, 2.75) is 20.8 Å². The largest absolute Gasteiger partial charge is 0.366 e. The summed E-state index contributed by atoms with van der Waals surface area (Å²) < 4.78 is 0. The lowest BCUT2D eigenvalue weighted by molar-refractivity contribution is 0.0734. The van der Waals surface area contributed by atoms with Gasteiger partial charge in [0.15, 0.2) is 0 Å². The van der Waals surface area contributed by atoms with Crippen molar-refractivity contribution in [3.05, 3.63) is 5.82 Å². The predicted octanol–water partition coefficient (Wildman–Crippen LogP) is 0.505. The van der Waals surface area contributed by atoms with Crippen molar-refractivity contribution in [1.82, 2.24) is 20.1 Å². The van der Waals surface area contributed by atoms with Crippen LogP contribution in [0.15, 0.2) is 0 Å². The van der Waals surface area contributed by atoms with Crippen LogP contribution >= 0.6 is 0 Å². The maximum absolute atomic E-state index is 11.9. The highest BCUT2D eigenvalue weighted by Gasteiger charge is 2.18. The van der Waals surface area contributed by atoms with E-state index in [-0.39, 0.29) is 17.7 Å². The van der Waals surface area contributed by atoms with Crippen LogP contribution in [0.1, 0.15) is 31.4 Å². The minimum atomic E-state index is -0.157. The summed E-state index contributed by atoms with van der Waals surface area (Å²) in [7, 11) is 0.